The standard InChI is InChI=1S/C15H19N3O4/c1-15(2,3)9-7-8(13(20)22-6)10-11(16-9)17(4)14(21)18(5)12(10)19/h7H,1-6H3. The molecule has 0 aliphatic heterocycles. The van der Waals surface area contributed by atoms with Gasteiger partial charge in [-0.1, -0.05) is 20.8 Å². The Hall–Kier alpha value is -2.44. The minimum absolute atomic E-state index is 0.0875. The van der Waals surface area contributed by atoms with Crippen molar-refractivity contribution in [2.45, 2.75) is 26.2 Å². The van der Waals surface area contributed by atoms with Gasteiger partial charge in [0.25, 0.3) is 5.56 Å². The van der Waals surface area contributed by atoms with Crippen molar-refractivity contribution in [2.24, 2.45) is 14.1 Å². The monoisotopic (exact) mass is 305 g/mol. The molecule has 0 N–H and O–H groups in total. The maximum Gasteiger partial charge on any atom is 0.338 e. The van der Waals surface area contributed by atoms with Crippen LogP contribution in [0.3, 0.4) is 0 Å². The third-order valence-corrected chi connectivity index (χ3v) is 3.58. The van der Waals surface area contributed by atoms with Gasteiger partial charge in [-0.2, -0.15) is 0 Å². The maximum atomic E-state index is 12.4. The van der Waals surface area contributed by atoms with E-state index in [0.29, 0.717) is 5.69 Å². The smallest absolute Gasteiger partial charge is 0.338 e. The highest BCUT2D eigenvalue weighted by atomic mass is 16.5. The number of fused-ring (bicyclic) bond motifs is 1. The Morgan fingerprint density at radius 1 is 1.18 bits per heavy atom. The van der Waals surface area contributed by atoms with Crippen LogP contribution in [0.25, 0.3) is 11.0 Å². The van der Waals surface area contributed by atoms with Crippen molar-refractivity contribution >= 4 is 17.0 Å². The highest BCUT2D eigenvalue weighted by Crippen LogP contribution is 2.24. The molecule has 7 heteroatoms. The predicted molar refractivity (Wildman–Crippen MR) is 82.3 cm³/mol. The summed E-state index contributed by atoms with van der Waals surface area (Å²) < 4.78 is 6.99. The Morgan fingerprint density at radius 3 is 2.27 bits per heavy atom. The molecule has 0 unspecified atom stereocenters. The van der Waals surface area contributed by atoms with Crippen molar-refractivity contribution in [3.63, 3.8) is 0 Å². The predicted octanol–water partition coefficient (Wildman–Crippen LogP) is 0.716. The van der Waals surface area contributed by atoms with Gasteiger partial charge in [-0.15, -0.1) is 0 Å². The molecular formula is C15H19N3O4. The highest BCUT2D eigenvalue weighted by Gasteiger charge is 2.24. The summed E-state index contributed by atoms with van der Waals surface area (Å²) in [6.07, 6.45) is 0. The van der Waals surface area contributed by atoms with Crippen LogP contribution >= 0.6 is 0 Å². The molecule has 0 saturated carbocycles. The molecule has 2 aromatic heterocycles. The van der Waals surface area contributed by atoms with E-state index in [1.54, 1.807) is 6.07 Å². The minimum atomic E-state index is -0.631. The van der Waals surface area contributed by atoms with E-state index >= 15 is 0 Å². The van der Waals surface area contributed by atoms with Gasteiger partial charge in [-0.05, 0) is 6.07 Å². The Balaban J connectivity index is 3.12. The SMILES string of the molecule is COC(=O)c1cc(C(C)(C)C)nc2c1c(=O)n(C)c(=O)n2C. The van der Waals surface area contributed by atoms with Crippen LogP contribution in [0.4, 0.5) is 0 Å². The van der Waals surface area contributed by atoms with Crippen molar-refractivity contribution in [1.29, 1.82) is 0 Å². The Bertz CT molecular complexity index is 885. The first-order chi connectivity index (χ1) is 10.1. The highest BCUT2D eigenvalue weighted by molar-refractivity contribution is 6.02. The lowest BCUT2D eigenvalue weighted by Gasteiger charge is -2.20. The third kappa shape index (κ3) is 2.32. The van der Waals surface area contributed by atoms with Crippen molar-refractivity contribution in [3.05, 3.63) is 38.2 Å². The largest absolute Gasteiger partial charge is 0.465 e. The summed E-state index contributed by atoms with van der Waals surface area (Å²) in [6, 6.07) is 1.56. The molecule has 0 atom stereocenters. The lowest BCUT2D eigenvalue weighted by Crippen LogP contribution is -2.38. The molecule has 0 fully saturated rings. The van der Waals surface area contributed by atoms with Crippen LogP contribution in [0.15, 0.2) is 15.7 Å². The van der Waals surface area contributed by atoms with E-state index in [0.717, 1.165) is 4.57 Å². The molecule has 7 nitrogen and oxygen atoms in total. The van der Waals surface area contributed by atoms with Gasteiger partial charge in [-0.25, -0.2) is 14.6 Å². The average molecular weight is 305 g/mol. The number of hydrogen-bond donors (Lipinski definition) is 0. The molecular weight excluding hydrogens is 286 g/mol. The number of carbonyl (C=O) groups is 1. The Kier molecular flexibility index (Phi) is 3.68. The topological polar surface area (TPSA) is 83.2 Å². The van der Waals surface area contributed by atoms with Gasteiger partial charge in [0, 0.05) is 25.2 Å². The first-order valence-electron chi connectivity index (χ1n) is 6.79. The fourth-order valence-electron chi connectivity index (χ4n) is 2.21. The maximum absolute atomic E-state index is 12.4. The van der Waals surface area contributed by atoms with Gasteiger partial charge in [0.2, 0.25) is 0 Å². The van der Waals surface area contributed by atoms with Crippen molar-refractivity contribution in [1.82, 2.24) is 14.1 Å². The van der Waals surface area contributed by atoms with Crippen LogP contribution in [0, 0.1) is 0 Å². The summed E-state index contributed by atoms with van der Waals surface area (Å²) in [6.45, 7) is 5.80. The van der Waals surface area contributed by atoms with E-state index in [2.05, 4.69) is 4.98 Å². The van der Waals surface area contributed by atoms with Gasteiger partial charge < -0.3 is 4.74 Å². The van der Waals surface area contributed by atoms with Gasteiger partial charge in [0.05, 0.1) is 18.1 Å². The number of methoxy groups -OCH3 is 1. The van der Waals surface area contributed by atoms with Gasteiger partial charge >= 0.3 is 11.7 Å². The molecule has 2 aromatic rings. The second-order valence-electron chi connectivity index (χ2n) is 6.20. The molecule has 0 amide bonds. The zero-order valence-electron chi connectivity index (χ0n) is 13.6. The number of carbonyl (C=O) groups excluding carboxylic acids is 1. The van der Waals surface area contributed by atoms with E-state index < -0.39 is 17.2 Å². The Labute approximate surface area is 127 Å². The molecule has 0 aliphatic rings. The van der Waals surface area contributed by atoms with Crippen LogP contribution < -0.4 is 11.2 Å². The lowest BCUT2D eigenvalue weighted by atomic mass is 9.90. The zero-order chi connectivity index (χ0) is 16.8. The lowest BCUT2D eigenvalue weighted by molar-refractivity contribution is 0.0602. The number of esters is 1. The van der Waals surface area contributed by atoms with Gasteiger partial charge in [0.1, 0.15) is 5.65 Å². The summed E-state index contributed by atoms with van der Waals surface area (Å²) in [4.78, 5) is 41.0. The van der Waals surface area contributed by atoms with Gasteiger partial charge in [-0.3, -0.25) is 13.9 Å². The van der Waals surface area contributed by atoms with Crippen molar-refractivity contribution < 1.29 is 9.53 Å². The number of pyridine rings is 1. The fraction of sp³-hybridized carbons (Fsp3) is 0.467. The van der Waals surface area contributed by atoms with Crippen LogP contribution in [-0.2, 0) is 24.2 Å². The zero-order valence-corrected chi connectivity index (χ0v) is 13.6. The summed E-state index contributed by atoms with van der Waals surface area (Å²) in [5, 5.41) is 0.0875. The number of aromatic nitrogens is 3. The summed E-state index contributed by atoms with van der Waals surface area (Å²) in [5.41, 5.74) is -0.509. The Morgan fingerprint density at radius 2 is 1.77 bits per heavy atom. The molecule has 118 valence electrons. The quantitative estimate of drug-likeness (QED) is 0.725. The average Bonchev–Trinajstić information content (AvgIpc) is 2.47. The third-order valence-electron chi connectivity index (χ3n) is 3.58. The number of rotatable bonds is 1. The summed E-state index contributed by atoms with van der Waals surface area (Å²) >= 11 is 0. The van der Waals surface area contributed by atoms with Crippen LogP contribution in [0.2, 0.25) is 0 Å². The molecule has 0 saturated heterocycles. The summed E-state index contributed by atoms with van der Waals surface area (Å²) in [7, 11) is 4.13. The molecule has 2 heterocycles. The molecule has 0 aromatic carbocycles. The van der Waals surface area contributed by atoms with E-state index in [4.69, 9.17) is 4.74 Å². The molecule has 22 heavy (non-hydrogen) atoms. The van der Waals surface area contributed by atoms with Crippen LogP contribution in [-0.4, -0.2) is 27.2 Å². The number of ether oxygens (including phenoxy) is 1. The number of aryl methyl sites for hydroxylation is 1. The normalized spacial score (nSPS) is 11.7. The number of nitrogens with zero attached hydrogens (tertiary/aromatic N) is 3. The van der Waals surface area contributed by atoms with E-state index in [1.165, 1.54) is 25.8 Å². The second kappa shape index (κ2) is 5.08. The summed E-state index contributed by atoms with van der Waals surface area (Å²) in [5.74, 6) is -0.631. The van der Waals surface area contributed by atoms with Crippen molar-refractivity contribution in [3.8, 4) is 0 Å². The van der Waals surface area contributed by atoms with E-state index in [-0.39, 0.29) is 22.0 Å². The van der Waals surface area contributed by atoms with E-state index in [9.17, 15) is 14.4 Å². The van der Waals surface area contributed by atoms with Crippen LogP contribution in [0.1, 0.15) is 36.8 Å². The molecule has 0 spiro atoms. The number of hydrogen-bond acceptors (Lipinski definition) is 5. The van der Waals surface area contributed by atoms with Crippen LogP contribution in [0.5, 0.6) is 0 Å². The molecule has 0 radical (unpaired) electrons. The first kappa shape index (κ1) is 15.9. The fourth-order valence-corrected chi connectivity index (χ4v) is 2.21. The molecule has 0 bridgehead atoms. The van der Waals surface area contributed by atoms with Crippen molar-refractivity contribution in [2.75, 3.05) is 7.11 Å². The van der Waals surface area contributed by atoms with E-state index in [1.807, 2.05) is 20.8 Å². The first-order valence-corrected chi connectivity index (χ1v) is 6.79. The molecule has 2 rings (SSSR count). The minimum Gasteiger partial charge on any atom is -0.465 e. The molecule has 0 aliphatic carbocycles. The second-order valence-corrected chi connectivity index (χ2v) is 6.20. The van der Waals surface area contributed by atoms with Gasteiger partial charge in [0.15, 0.2) is 0 Å².